The molecular formula is C12H17NO. The van der Waals surface area contributed by atoms with Crippen molar-refractivity contribution in [2.45, 2.75) is 31.9 Å². The first-order chi connectivity index (χ1) is 6.77. The SMILES string of the molecule is Cc1ccccc1C(O)CC1CCN1. The van der Waals surface area contributed by atoms with Crippen LogP contribution in [0.2, 0.25) is 0 Å². The van der Waals surface area contributed by atoms with Gasteiger partial charge in [-0.05, 0) is 37.4 Å². The third kappa shape index (κ3) is 1.97. The third-order valence-corrected chi connectivity index (χ3v) is 2.98. The van der Waals surface area contributed by atoms with Gasteiger partial charge in [-0.1, -0.05) is 24.3 Å². The predicted octanol–water partition coefficient (Wildman–Crippen LogP) is 1.78. The normalized spacial score (nSPS) is 22.9. The molecule has 2 unspecified atom stereocenters. The van der Waals surface area contributed by atoms with E-state index < -0.39 is 0 Å². The van der Waals surface area contributed by atoms with E-state index in [1.165, 1.54) is 12.0 Å². The largest absolute Gasteiger partial charge is 0.388 e. The van der Waals surface area contributed by atoms with E-state index in [1.54, 1.807) is 0 Å². The first-order valence-corrected chi connectivity index (χ1v) is 5.24. The van der Waals surface area contributed by atoms with Crippen molar-refractivity contribution in [3.8, 4) is 0 Å². The summed E-state index contributed by atoms with van der Waals surface area (Å²) < 4.78 is 0. The first-order valence-electron chi connectivity index (χ1n) is 5.24. The second kappa shape index (κ2) is 4.11. The Hall–Kier alpha value is -0.860. The van der Waals surface area contributed by atoms with E-state index in [4.69, 9.17) is 0 Å². The number of hydrogen-bond acceptors (Lipinski definition) is 2. The molecule has 1 aliphatic heterocycles. The zero-order chi connectivity index (χ0) is 9.97. The Labute approximate surface area is 85.0 Å². The minimum Gasteiger partial charge on any atom is -0.388 e. The molecule has 0 bridgehead atoms. The summed E-state index contributed by atoms with van der Waals surface area (Å²) in [5, 5.41) is 13.3. The number of aliphatic hydroxyl groups is 1. The highest BCUT2D eigenvalue weighted by Gasteiger charge is 2.21. The van der Waals surface area contributed by atoms with Gasteiger partial charge in [-0.25, -0.2) is 0 Å². The van der Waals surface area contributed by atoms with Crippen molar-refractivity contribution >= 4 is 0 Å². The molecule has 0 saturated carbocycles. The summed E-state index contributed by atoms with van der Waals surface area (Å²) in [4.78, 5) is 0. The molecule has 2 rings (SSSR count). The summed E-state index contributed by atoms with van der Waals surface area (Å²) in [5.74, 6) is 0. The van der Waals surface area contributed by atoms with Gasteiger partial charge >= 0.3 is 0 Å². The highest BCUT2D eigenvalue weighted by Crippen LogP contribution is 2.24. The van der Waals surface area contributed by atoms with E-state index in [2.05, 4.69) is 5.32 Å². The molecular weight excluding hydrogens is 174 g/mol. The molecule has 1 fully saturated rings. The lowest BCUT2D eigenvalue weighted by atomic mass is 9.94. The maximum atomic E-state index is 10.00. The van der Waals surface area contributed by atoms with Crippen molar-refractivity contribution in [3.63, 3.8) is 0 Å². The second-order valence-electron chi connectivity index (χ2n) is 4.05. The van der Waals surface area contributed by atoms with Gasteiger partial charge in [-0.3, -0.25) is 0 Å². The molecule has 1 heterocycles. The van der Waals surface area contributed by atoms with Crippen LogP contribution in [0.4, 0.5) is 0 Å². The van der Waals surface area contributed by atoms with Crippen molar-refractivity contribution in [2.24, 2.45) is 0 Å². The van der Waals surface area contributed by atoms with Crippen LogP contribution in [0.15, 0.2) is 24.3 Å². The number of hydrogen-bond donors (Lipinski definition) is 2. The van der Waals surface area contributed by atoms with Gasteiger partial charge < -0.3 is 10.4 Å². The highest BCUT2D eigenvalue weighted by molar-refractivity contribution is 5.27. The van der Waals surface area contributed by atoms with Crippen molar-refractivity contribution in [1.29, 1.82) is 0 Å². The smallest absolute Gasteiger partial charge is 0.0807 e. The molecule has 0 aromatic heterocycles. The first kappa shape index (κ1) is 9.69. The molecule has 0 aliphatic carbocycles. The lowest BCUT2D eigenvalue weighted by Crippen LogP contribution is -2.43. The zero-order valence-electron chi connectivity index (χ0n) is 8.53. The van der Waals surface area contributed by atoms with Crippen molar-refractivity contribution in [2.75, 3.05) is 6.54 Å². The molecule has 76 valence electrons. The lowest BCUT2D eigenvalue weighted by molar-refractivity contribution is 0.135. The average Bonchev–Trinajstić information content (AvgIpc) is 2.12. The number of aryl methyl sites for hydroxylation is 1. The standard InChI is InChI=1S/C12H17NO/c1-9-4-2-3-5-11(9)12(14)8-10-6-7-13-10/h2-5,10,12-14H,6-8H2,1H3. The molecule has 1 saturated heterocycles. The fraction of sp³-hybridized carbons (Fsp3) is 0.500. The van der Waals surface area contributed by atoms with Crippen LogP contribution in [0.3, 0.4) is 0 Å². The minimum absolute atomic E-state index is 0.311. The Morgan fingerprint density at radius 2 is 2.21 bits per heavy atom. The van der Waals surface area contributed by atoms with Gasteiger partial charge in [0.15, 0.2) is 0 Å². The van der Waals surface area contributed by atoms with Gasteiger partial charge in [0.05, 0.1) is 6.10 Å². The molecule has 0 radical (unpaired) electrons. The molecule has 0 spiro atoms. The highest BCUT2D eigenvalue weighted by atomic mass is 16.3. The van der Waals surface area contributed by atoms with E-state index in [0.717, 1.165) is 18.5 Å². The van der Waals surface area contributed by atoms with Crippen LogP contribution < -0.4 is 5.32 Å². The molecule has 2 N–H and O–H groups in total. The molecule has 1 aliphatic rings. The van der Waals surface area contributed by atoms with E-state index in [-0.39, 0.29) is 6.10 Å². The molecule has 2 atom stereocenters. The van der Waals surface area contributed by atoms with Gasteiger partial charge in [-0.2, -0.15) is 0 Å². The molecule has 0 amide bonds. The Morgan fingerprint density at radius 3 is 2.79 bits per heavy atom. The summed E-state index contributed by atoms with van der Waals surface area (Å²) in [6.45, 7) is 3.15. The number of nitrogens with one attached hydrogen (secondary N) is 1. The van der Waals surface area contributed by atoms with Crippen molar-refractivity contribution in [3.05, 3.63) is 35.4 Å². The Morgan fingerprint density at radius 1 is 1.50 bits per heavy atom. The van der Waals surface area contributed by atoms with Crippen molar-refractivity contribution in [1.82, 2.24) is 5.32 Å². The lowest BCUT2D eigenvalue weighted by Gasteiger charge is -2.30. The summed E-state index contributed by atoms with van der Waals surface area (Å²) in [5.41, 5.74) is 2.25. The monoisotopic (exact) mass is 191 g/mol. The summed E-state index contributed by atoms with van der Waals surface area (Å²) in [7, 11) is 0. The maximum absolute atomic E-state index is 10.00. The number of benzene rings is 1. The summed E-state index contributed by atoms with van der Waals surface area (Å²) in [6, 6.07) is 8.57. The predicted molar refractivity (Wildman–Crippen MR) is 57.2 cm³/mol. The van der Waals surface area contributed by atoms with Gasteiger partial charge in [0.25, 0.3) is 0 Å². The third-order valence-electron chi connectivity index (χ3n) is 2.98. The molecule has 14 heavy (non-hydrogen) atoms. The molecule has 1 aromatic carbocycles. The van der Waals surface area contributed by atoms with E-state index in [1.807, 2.05) is 31.2 Å². The van der Waals surface area contributed by atoms with E-state index >= 15 is 0 Å². The minimum atomic E-state index is -0.311. The number of aliphatic hydroxyl groups excluding tert-OH is 1. The van der Waals surface area contributed by atoms with Gasteiger partial charge in [-0.15, -0.1) is 0 Å². The van der Waals surface area contributed by atoms with Crippen LogP contribution in [0, 0.1) is 6.92 Å². The van der Waals surface area contributed by atoms with E-state index in [0.29, 0.717) is 6.04 Å². The molecule has 2 nitrogen and oxygen atoms in total. The maximum Gasteiger partial charge on any atom is 0.0807 e. The van der Waals surface area contributed by atoms with Gasteiger partial charge in [0.1, 0.15) is 0 Å². The van der Waals surface area contributed by atoms with E-state index in [9.17, 15) is 5.11 Å². The van der Waals surface area contributed by atoms with Gasteiger partial charge in [0, 0.05) is 6.04 Å². The van der Waals surface area contributed by atoms with Crippen LogP contribution in [0.25, 0.3) is 0 Å². The summed E-state index contributed by atoms with van der Waals surface area (Å²) in [6.07, 6.45) is 1.72. The fourth-order valence-electron chi connectivity index (χ4n) is 1.91. The van der Waals surface area contributed by atoms with Crippen LogP contribution in [0.5, 0.6) is 0 Å². The van der Waals surface area contributed by atoms with Crippen LogP contribution >= 0.6 is 0 Å². The molecule has 1 aromatic rings. The fourth-order valence-corrected chi connectivity index (χ4v) is 1.91. The van der Waals surface area contributed by atoms with Crippen LogP contribution in [-0.4, -0.2) is 17.7 Å². The summed E-state index contributed by atoms with van der Waals surface area (Å²) >= 11 is 0. The number of rotatable bonds is 3. The second-order valence-corrected chi connectivity index (χ2v) is 4.05. The Kier molecular flexibility index (Phi) is 2.85. The average molecular weight is 191 g/mol. The Balaban J connectivity index is 2.02. The van der Waals surface area contributed by atoms with Crippen LogP contribution in [0.1, 0.15) is 30.1 Å². The Bertz CT molecular complexity index is 307. The quantitative estimate of drug-likeness (QED) is 0.763. The topological polar surface area (TPSA) is 32.3 Å². The van der Waals surface area contributed by atoms with Crippen molar-refractivity contribution < 1.29 is 5.11 Å². The zero-order valence-corrected chi connectivity index (χ0v) is 8.53. The van der Waals surface area contributed by atoms with Crippen LogP contribution in [-0.2, 0) is 0 Å². The molecule has 2 heteroatoms. The van der Waals surface area contributed by atoms with Gasteiger partial charge in [0.2, 0.25) is 0 Å².